The highest BCUT2D eigenvalue weighted by molar-refractivity contribution is 6.07. The molecule has 1 unspecified atom stereocenters. The minimum absolute atomic E-state index is 0.517. The summed E-state index contributed by atoms with van der Waals surface area (Å²) in [6, 6.07) is 31.1. The molecule has 2 aliphatic rings. The van der Waals surface area contributed by atoms with Crippen LogP contribution in [0.2, 0.25) is 0 Å². The van der Waals surface area contributed by atoms with E-state index < -0.39 is 0 Å². The van der Waals surface area contributed by atoms with Crippen molar-refractivity contribution in [2.24, 2.45) is 0 Å². The topological polar surface area (TPSA) is 16.4 Å². The maximum atomic E-state index is 6.12. The van der Waals surface area contributed by atoms with Crippen molar-refractivity contribution in [3.8, 4) is 11.1 Å². The van der Waals surface area contributed by atoms with E-state index in [1.54, 1.807) is 0 Å². The van der Waals surface area contributed by atoms with Gasteiger partial charge in [0.2, 0.25) is 0 Å². The molecule has 0 N–H and O–H groups in total. The highest BCUT2D eigenvalue weighted by atomic mass is 16.3. The number of nitrogens with zero attached hydrogens (tertiary/aromatic N) is 1. The molecular formula is C27H19NO. The van der Waals surface area contributed by atoms with E-state index in [4.69, 9.17) is 4.42 Å². The minimum Gasteiger partial charge on any atom is -0.456 e. The second-order valence-corrected chi connectivity index (χ2v) is 8.22. The Morgan fingerprint density at radius 1 is 0.621 bits per heavy atom. The number of hydrogen-bond donors (Lipinski definition) is 0. The van der Waals surface area contributed by atoms with Gasteiger partial charge >= 0.3 is 0 Å². The summed E-state index contributed by atoms with van der Waals surface area (Å²) in [5.74, 6) is 0. The molecule has 29 heavy (non-hydrogen) atoms. The van der Waals surface area contributed by atoms with Gasteiger partial charge in [0.15, 0.2) is 0 Å². The van der Waals surface area contributed by atoms with Crippen LogP contribution in [0, 0.1) is 0 Å². The van der Waals surface area contributed by atoms with E-state index in [0.29, 0.717) is 6.04 Å². The molecule has 5 aromatic rings. The molecule has 138 valence electrons. The van der Waals surface area contributed by atoms with Crippen molar-refractivity contribution in [2.45, 2.75) is 18.9 Å². The Labute approximate surface area is 169 Å². The van der Waals surface area contributed by atoms with Crippen LogP contribution in [-0.4, -0.2) is 6.04 Å². The Kier molecular flexibility index (Phi) is 2.93. The summed E-state index contributed by atoms with van der Waals surface area (Å²) in [5.41, 5.74) is 10.1. The molecule has 2 aliphatic heterocycles. The maximum absolute atomic E-state index is 6.12. The monoisotopic (exact) mass is 373 g/mol. The van der Waals surface area contributed by atoms with Gasteiger partial charge in [0, 0.05) is 28.2 Å². The highest BCUT2D eigenvalue weighted by Crippen LogP contribution is 2.48. The first-order chi connectivity index (χ1) is 14.3. The van der Waals surface area contributed by atoms with Gasteiger partial charge in [0.1, 0.15) is 11.2 Å². The van der Waals surface area contributed by atoms with E-state index in [0.717, 1.165) is 24.0 Å². The third-order valence-electron chi connectivity index (χ3n) is 6.56. The average molecular weight is 373 g/mol. The van der Waals surface area contributed by atoms with Crippen LogP contribution < -0.4 is 4.90 Å². The summed E-state index contributed by atoms with van der Waals surface area (Å²) in [6.07, 6.45) is 2.18. The zero-order valence-corrected chi connectivity index (χ0v) is 15.9. The molecule has 0 bridgehead atoms. The maximum Gasteiger partial charge on any atom is 0.135 e. The second kappa shape index (κ2) is 5.51. The van der Waals surface area contributed by atoms with Gasteiger partial charge in [-0.1, -0.05) is 54.6 Å². The summed E-state index contributed by atoms with van der Waals surface area (Å²) in [7, 11) is 0. The van der Waals surface area contributed by atoms with E-state index in [1.807, 2.05) is 6.07 Å². The predicted molar refractivity (Wildman–Crippen MR) is 119 cm³/mol. The van der Waals surface area contributed by atoms with Crippen LogP contribution in [-0.2, 0) is 12.8 Å². The van der Waals surface area contributed by atoms with Crippen molar-refractivity contribution >= 4 is 33.3 Å². The molecule has 0 aliphatic carbocycles. The lowest BCUT2D eigenvalue weighted by atomic mass is 9.99. The Bertz CT molecular complexity index is 1410. The Hall–Kier alpha value is -3.52. The Morgan fingerprint density at radius 2 is 1.41 bits per heavy atom. The summed E-state index contributed by atoms with van der Waals surface area (Å²) in [4.78, 5) is 2.56. The average Bonchev–Trinajstić information content (AvgIpc) is 3.41. The summed E-state index contributed by atoms with van der Waals surface area (Å²) < 4.78 is 6.12. The molecule has 0 fully saturated rings. The zero-order valence-electron chi connectivity index (χ0n) is 15.9. The first-order valence-electron chi connectivity index (χ1n) is 10.3. The van der Waals surface area contributed by atoms with Crippen molar-refractivity contribution in [2.75, 3.05) is 4.90 Å². The number of benzene rings is 4. The summed E-state index contributed by atoms with van der Waals surface area (Å²) >= 11 is 0. The SMILES string of the molecule is c1ccc(-c2ccc3c(c2)CC2Cc4cc5oc6ccccc6c5cc4N32)cc1. The molecule has 3 heterocycles. The fourth-order valence-corrected chi connectivity index (χ4v) is 5.27. The van der Waals surface area contributed by atoms with E-state index >= 15 is 0 Å². The lowest BCUT2D eigenvalue weighted by Gasteiger charge is -2.20. The molecule has 0 amide bonds. The Morgan fingerprint density at radius 3 is 2.31 bits per heavy atom. The molecule has 4 aromatic carbocycles. The lowest BCUT2D eigenvalue weighted by Crippen LogP contribution is -2.22. The van der Waals surface area contributed by atoms with Crippen molar-refractivity contribution in [1.29, 1.82) is 0 Å². The van der Waals surface area contributed by atoms with Crippen LogP contribution in [0.1, 0.15) is 11.1 Å². The molecule has 1 atom stereocenters. The van der Waals surface area contributed by atoms with E-state index in [9.17, 15) is 0 Å². The first kappa shape index (κ1) is 15.4. The molecule has 7 rings (SSSR count). The molecule has 2 nitrogen and oxygen atoms in total. The number of furan rings is 1. The van der Waals surface area contributed by atoms with E-state index in [-0.39, 0.29) is 0 Å². The van der Waals surface area contributed by atoms with Gasteiger partial charge in [-0.15, -0.1) is 0 Å². The first-order valence-corrected chi connectivity index (χ1v) is 10.3. The Balaban J connectivity index is 1.38. The predicted octanol–water partition coefficient (Wildman–Crippen LogP) is 6.87. The van der Waals surface area contributed by atoms with Crippen molar-refractivity contribution < 1.29 is 4.42 Å². The van der Waals surface area contributed by atoms with Gasteiger partial charge in [-0.3, -0.25) is 0 Å². The molecule has 0 saturated heterocycles. The molecular weight excluding hydrogens is 354 g/mol. The fraction of sp³-hybridized carbons (Fsp3) is 0.111. The number of para-hydroxylation sites is 1. The van der Waals surface area contributed by atoms with Crippen molar-refractivity contribution in [3.05, 3.63) is 96.1 Å². The largest absolute Gasteiger partial charge is 0.456 e. The minimum atomic E-state index is 0.517. The number of hydrogen-bond acceptors (Lipinski definition) is 2. The van der Waals surface area contributed by atoms with Gasteiger partial charge in [-0.25, -0.2) is 0 Å². The highest BCUT2D eigenvalue weighted by Gasteiger charge is 2.37. The zero-order chi connectivity index (χ0) is 18.9. The standard InChI is InChI=1S/C27H19NO/c1-2-6-17(7-3-1)18-10-11-24-19(12-18)13-21-14-20-15-27-23(16-25(20)28(21)24)22-8-4-5-9-26(22)29-27/h1-12,15-16,21H,13-14H2. The van der Waals surface area contributed by atoms with Crippen LogP contribution in [0.5, 0.6) is 0 Å². The van der Waals surface area contributed by atoms with Crippen LogP contribution in [0.25, 0.3) is 33.1 Å². The van der Waals surface area contributed by atoms with Gasteiger partial charge in [0.25, 0.3) is 0 Å². The van der Waals surface area contributed by atoms with E-state index in [1.165, 1.54) is 44.4 Å². The molecule has 2 heteroatoms. The molecule has 0 spiro atoms. The third-order valence-corrected chi connectivity index (χ3v) is 6.56. The van der Waals surface area contributed by atoms with Crippen LogP contribution in [0.3, 0.4) is 0 Å². The van der Waals surface area contributed by atoms with Crippen molar-refractivity contribution in [3.63, 3.8) is 0 Å². The van der Waals surface area contributed by atoms with Crippen molar-refractivity contribution in [1.82, 2.24) is 0 Å². The third kappa shape index (κ3) is 2.11. The van der Waals surface area contributed by atoms with Crippen LogP contribution in [0.4, 0.5) is 11.4 Å². The van der Waals surface area contributed by atoms with Crippen LogP contribution in [0.15, 0.2) is 89.3 Å². The molecule has 0 radical (unpaired) electrons. The summed E-state index contributed by atoms with van der Waals surface area (Å²) in [5, 5.41) is 2.42. The van der Waals surface area contributed by atoms with E-state index in [2.05, 4.69) is 83.8 Å². The fourth-order valence-electron chi connectivity index (χ4n) is 5.27. The second-order valence-electron chi connectivity index (χ2n) is 8.22. The molecule has 0 saturated carbocycles. The quantitative estimate of drug-likeness (QED) is 0.319. The summed E-state index contributed by atoms with van der Waals surface area (Å²) in [6.45, 7) is 0. The lowest BCUT2D eigenvalue weighted by molar-refractivity contribution is 0.668. The van der Waals surface area contributed by atoms with Crippen LogP contribution >= 0.6 is 0 Å². The van der Waals surface area contributed by atoms with Gasteiger partial charge < -0.3 is 9.32 Å². The normalized spacial score (nSPS) is 17.0. The van der Waals surface area contributed by atoms with Gasteiger partial charge in [0.05, 0.1) is 0 Å². The number of fused-ring (bicyclic) bond motifs is 8. The van der Waals surface area contributed by atoms with Gasteiger partial charge in [-0.2, -0.15) is 0 Å². The molecule has 1 aromatic heterocycles. The number of rotatable bonds is 1. The smallest absolute Gasteiger partial charge is 0.135 e. The van der Waals surface area contributed by atoms with Gasteiger partial charge in [-0.05, 0) is 65.4 Å². The number of anilines is 2.